The number of amides is 2. The van der Waals surface area contributed by atoms with Crippen LogP contribution in [-0.2, 0) is 17.6 Å². The number of carbonyl (C=O) groups is 2. The van der Waals surface area contributed by atoms with E-state index in [4.69, 9.17) is 0 Å². The van der Waals surface area contributed by atoms with Crippen LogP contribution in [0.5, 0.6) is 0 Å². The van der Waals surface area contributed by atoms with Gasteiger partial charge in [0.15, 0.2) is 0 Å². The van der Waals surface area contributed by atoms with Gasteiger partial charge in [-0.1, -0.05) is 31.2 Å². The summed E-state index contributed by atoms with van der Waals surface area (Å²) in [6, 6.07) is 13.7. The molecule has 0 aromatic heterocycles. The van der Waals surface area contributed by atoms with Crippen molar-refractivity contribution < 1.29 is 9.59 Å². The monoisotopic (exact) mass is 336 g/mol. The normalized spacial score (nSPS) is 14.4. The van der Waals surface area contributed by atoms with Crippen molar-refractivity contribution in [3.63, 3.8) is 0 Å². The van der Waals surface area contributed by atoms with Gasteiger partial charge in [0, 0.05) is 17.8 Å². The van der Waals surface area contributed by atoms with Gasteiger partial charge in [-0.2, -0.15) is 0 Å². The van der Waals surface area contributed by atoms with Gasteiger partial charge in [0.25, 0.3) is 5.91 Å². The molecule has 130 valence electrons. The first-order valence-corrected chi connectivity index (χ1v) is 8.86. The van der Waals surface area contributed by atoms with Crippen molar-refractivity contribution in [1.82, 2.24) is 5.32 Å². The lowest BCUT2D eigenvalue weighted by atomic mass is 10.0. The van der Waals surface area contributed by atoms with Crippen LogP contribution >= 0.6 is 0 Å². The number of hydrogen-bond donors (Lipinski definition) is 1. The molecule has 0 radical (unpaired) electrons. The molecule has 0 unspecified atom stereocenters. The lowest BCUT2D eigenvalue weighted by Gasteiger charge is -2.16. The Labute approximate surface area is 148 Å². The number of anilines is 1. The third kappa shape index (κ3) is 3.43. The number of nitrogens with zero attached hydrogens (tertiary/aromatic N) is 1. The van der Waals surface area contributed by atoms with Crippen LogP contribution in [0.2, 0.25) is 0 Å². The highest BCUT2D eigenvalue weighted by Crippen LogP contribution is 2.29. The fourth-order valence-electron chi connectivity index (χ4n) is 3.28. The van der Waals surface area contributed by atoms with Crippen molar-refractivity contribution >= 4 is 17.5 Å². The number of hydrogen-bond acceptors (Lipinski definition) is 2. The van der Waals surface area contributed by atoms with Gasteiger partial charge in [-0.3, -0.25) is 9.59 Å². The molecular weight excluding hydrogens is 312 g/mol. The molecule has 2 aromatic carbocycles. The summed E-state index contributed by atoms with van der Waals surface area (Å²) in [5.74, 6) is -0.0169. The fourth-order valence-corrected chi connectivity index (χ4v) is 3.28. The number of rotatable bonds is 5. The summed E-state index contributed by atoms with van der Waals surface area (Å²) >= 11 is 0. The van der Waals surface area contributed by atoms with Crippen molar-refractivity contribution in [3.8, 4) is 0 Å². The Hall–Kier alpha value is -2.62. The smallest absolute Gasteiger partial charge is 0.251 e. The number of aryl methyl sites for hydroxylation is 1. The van der Waals surface area contributed by atoms with E-state index in [1.807, 2.05) is 26.0 Å². The third-order valence-corrected chi connectivity index (χ3v) is 4.83. The molecule has 0 bridgehead atoms. The molecule has 1 heterocycles. The van der Waals surface area contributed by atoms with Crippen molar-refractivity contribution in [3.05, 3.63) is 64.7 Å². The highest BCUT2D eigenvalue weighted by atomic mass is 16.2. The second-order valence-corrected chi connectivity index (χ2v) is 6.45. The molecule has 0 saturated heterocycles. The van der Waals surface area contributed by atoms with Gasteiger partial charge < -0.3 is 10.2 Å². The van der Waals surface area contributed by atoms with E-state index >= 15 is 0 Å². The first-order chi connectivity index (χ1) is 12.0. The predicted octanol–water partition coefficient (Wildman–Crippen LogP) is 3.65. The number of carbonyl (C=O) groups excluding carboxylic acids is 2. The van der Waals surface area contributed by atoms with E-state index in [1.165, 1.54) is 5.56 Å². The molecule has 1 aliphatic rings. The fraction of sp³-hybridized carbons (Fsp3) is 0.333. The van der Waals surface area contributed by atoms with Crippen LogP contribution in [0.25, 0.3) is 0 Å². The maximum absolute atomic E-state index is 12.6. The van der Waals surface area contributed by atoms with Gasteiger partial charge >= 0.3 is 0 Å². The lowest BCUT2D eigenvalue weighted by molar-refractivity contribution is -0.117. The Balaban J connectivity index is 1.73. The van der Waals surface area contributed by atoms with Crippen LogP contribution in [0.15, 0.2) is 42.5 Å². The van der Waals surface area contributed by atoms with Crippen LogP contribution in [0.4, 0.5) is 5.69 Å². The molecular formula is C21H24N2O2. The average molecular weight is 336 g/mol. The largest absolute Gasteiger partial charge is 0.346 e. The maximum atomic E-state index is 12.6. The summed E-state index contributed by atoms with van der Waals surface area (Å²) in [4.78, 5) is 26.3. The molecule has 3 rings (SSSR count). The lowest BCUT2D eigenvalue weighted by Crippen LogP contribution is -2.27. The van der Waals surface area contributed by atoms with Gasteiger partial charge in [0.1, 0.15) is 0 Å². The van der Waals surface area contributed by atoms with E-state index in [2.05, 4.69) is 36.5 Å². The molecule has 4 heteroatoms. The summed E-state index contributed by atoms with van der Waals surface area (Å²) in [7, 11) is 0. The average Bonchev–Trinajstić information content (AvgIpc) is 2.95. The molecule has 25 heavy (non-hydrogen) atoms. The SMILES string of the molecule is CCc1ccc([C@@H](C)NC(=O)c2ccc3c(c2)CC(=O)N3CC)cc1. The zero-order valence-corrected chi connectivity index (χ0v) is 15.0. The zero-order valence-electron chi connectivity index (χ0n) is 15.0. The molecule has 0 saturated carbocycles. The van der Waals surface area contributed by atoms with E-state index in [0.29, 0.717) is 18.5 Å². The number of nitrogens with one attached hydrogen (secondary N) is 1. The van der Waals surface area contributed by atoms with Crippen LogP contribution in [0, 0.1) is 0 Å². The highest BCUT2D eigenvalue weighted by molar-refractivity contribution is 6.03. The highest BCUT2D eigenvalue weighted by Gasteiger charge is 2.26. The van der Waals surface area contributed by atoms with Gasteiger partial charge in [0.05, 0.1) is 12.5 Å². The second kappa shape index (κ2) is 7.09. The molecule has 1 atom stereocenters. The molecule has 4 nitrogen and oxygen atoms in total. The summed E-state index contributed by atoms with van der Waals surface area (Å²) in [6.45, 7) is 6.72. The number of fused-ring (bicyclic) bond motifs is 1. The molecule has 1 N–H and O–H groups in total. The number of benzene rings is 2. The van der Waals surface area contributed by atoms with E-state index in [9.17, 15) is 9.59 Å². The second-order valence-electron chi connectivity index (χ2n) is 6.45. The molecule has 2 aromatic rings. The predicted molar refractivity (Wildman–Crippen MR) is 99.9 cm³/mol. The van der Waals surface area contributed by atoms with Crippen LogP contribution in [0.3, 0.4) is 0 Å². The van der Waals surface area contributed by atoms with Crippen molar-refractivity contribution in [2.75, 3.05) is 11.4 Å². The van der Waals surface area contributed by atoms with Crippen LogP contribution < -0.4 is 10.2 Å². The number of likely N-dealkylation sites (N-methyl/N-ethyl adjacent to an activating group) is 1. The summed E-state index contributed by atoms with van der Waals surface area (Å²) in [6.07, 6.45) is 1.38. The van der Waals surface area contributed by atoms with Crippen molar-refractivity contribution in [2.45, 2.75) is 39.7 Å². The molecule has 2 amide bonds. The standard InChI is InChI=1S/C21H24N2O2/c1-4-15-6-8-16(9-7-15)14(3)22-21(25)17-10-11-19-18(12-17)13-20(24)23(19)5-2/h6-12,14H,4-5,13H2,1-3H3,(H,22,25)/t14-/m1/s1. The zero-order chi connectivity index (χ0) is 18.0. The Morgan fingerprint density at radius 1 is 1.16 bits per heavy atom. The van der Waals surface area contributed by atoms with Crippen LogP contribution in [0.1, 0.15) is 53.9 Å². The molecule has 0 aliphatic carbocycles. The third-order valence-electron chi connectivity index (χ3n) is 4.83. The van der Waals surface area contributed by atoms with Gasteiger partial charge in [-0.15, -0.1) is 0 Å². The molecule has 1 aliphatic heterocycles. The molecule has 0 spiro atoms. The summed E-state index contributed by atoms with van der Waals surface area (Å²) in [5, 5.41) is 3.04. The maximum Gasteiger partial charge on any atom is 0.251 e. The van der Waals surface area contributed by atoms with E-state index < -0.39 is 0 Å². The van der Waals surface area contributed by atoms with Gasteiger partial charge in [-0.25, -0.2) is 0 Å². The van der Waals surface area contributed by atoms with E-state index in [1.54, 1.807) is 11.0 Å². The van der Waals surface area contributed by atoms with Gasteiger partial charge in [-0.05, 0) is 55.2 Å². The Bertz CT molecular complexity index is 796. The Morgan fingerprint density at radius 3 is 2.52 bits per heavy atom. The van der Waals surface area contributed by atoms with Crippen molar-refractivity contribution in [2.24, 2.45) is 0 Å². The minimum atomic E-state index is -0.114. The van der Waals surface area contributed by atoms with Crippen molar-refractivity contribution in [1.29, 1.82) is 0 Å². The first kappa shape index (κ1) is 17.2. The Kier molecular flexibility index (Phi) is 4.88. The van der Waals surface area contributed by atoms with E-state index in [0.717, 1.165) is 23.2 Å². The molecule has 0 fully saturated rings. The quantitative estimate of drug-likeness (QED) is 0.906. The Morgan fingerprint density at radius 2 is 1.88 bits per heavy atom. The minimum Gasteiger partial charge on any atom is -0.346 e. The van der Waals surface area contributed by atoms with Gasteiger partial charge in [0.2, 0.25) is 5.91 Å². The first-order valence-electron chi connectivity index (χ1n) is 8.86. The van der Waals surface area contributed by atoms with Crippen LogP contribution in [-0.4, -0.2) is 18.4 Å². The topological polar surface area (TPSA) is 49.4 Å². The van der Waals surface area contributed by atoms with E-state index in [-0.39, 0.29) is 17.9 Å². The summed E-state index contributed by atoms with van der Waals surface area (Å²) in [5.41, 5.74) is 4.82. The minimum absolute atomic E-state index is 0.0690. The summed E-state index contributed by atoms with van der Waals surface area (Å²) < 4.78 is 0.